The van der Waals surface area contributed by atoms with Gasteiger partial charge < -0.3 is 5.73 Å². The first-order valence-corrected chi connectivity index (χ1v) is 8.50. The fraction of sp³-hybridized carbons (Fsp3) is 0.250. The van der Waals surface area contributed by atoms with Gasteiger partial charge in [0.15, 0.2) is 9.84 Å². The Morgan fingerprint density at radius 3 is 2.65 bits per heavy atom. The molecule has 0 spiro atoms. The molecule has 0 atom stereocenters. The molecule has 2 rings (SSSR count). The molecular formula is C12H13BrClN3O2S. The van der Waals surface area contributed by atoms with Crippen LogP contribution in [0.3, 0.4) is 0 Å². The summed E-state index contributed by atoms with van der Waals surface area (Å²) in [5.74, 6) is -0.200. The Morgan fingerprint density at radius 2 is 2.10 bits per heavy atom. The normalized spacial score (nSPS) is 11.8. The Hall–Kier alpha value is -1.05. The molecule has 0 radical (unpaired) electrons. The average Bonchev–Trinajstić information content (AvgIpc) is 2.59. The highest BCUT2D eigenvalue weighted by atomic mass is 79.9. The Labute approximate surface area is 130 Å². The number of aryl methyl sites for hydroxylation is 2. The molecule has 8 heteroatoms. The molecule has 1 heterocycles. The summed E-state index contributed by atoms with van der Waals surface area (Å²) in [4.78, 5) is 0.0323. The van der Waals surface area contributed by atoms with E-state index in [1.54, 1.807) is 20.0 Å². The van der Waals surface area contributed by atoms with Gasteiger partial charge in [0.1, 0.15) is 0 Å². The van der Waals surface area contributed by atoms with E-state index in [0.29, 0.717) is 15.9 Å². The SMILES string of the molecule is Cc1nn(C)c(CS(=O)(=O)c2cc(N)ccc2Cl)c1Br. The monoisotopic (exact) mass is 377 g/mol. The zero-order valence-electron chi connectivity index (χ0n) is 10.9. The second-order valence-corrected chi connectivity index (χ2v) is 7.58. The maximum Gasteiger partial charge on any atom is 0.185 e. The smallest absolute Gasteiger partial charge is 0.185 e. The van der Waals surface area contributed by atoms with Gasteiger partial charge >= 0.3 is 0 Å². The Kier molecular flexibility index (Phi) is 4.13. The lowest BCUT2D eigenvalue weighted by Gasteiger charge is -2.08. The van der Waals surface area contributed by atoms with E-state index in [1.807, 2.05) is 0 Å². The number of sulfone groups is 1. The summed E-state index contributed by atoms with van der Waals surface area (Å²) < 4.78 is 27.2. The van der Waals surface area contributed by atoms with Crippen molar-refractivity contribution in [3.63, 3.8) is 0 Å². The van der Waals surface area contributed by atoms with Crippen LogP contribution in [0.4, 0.5) is 5.69 Å². The van der Waals surface area contributed by atoms with Crippen molar-refractivity contribution in [3.05, 3.63) is 39.1 Å². The van der Waals surface area contributed by atoms with Crippen LogP contribution in [-0.4, -0.2) is 18.2 Å². The number of anilines is 1. The van der Waals surface area contributed by atoms with Crippen LogP contribution in [-0.2, 0) is 22.6 Å². The number of benzene rings is 1. The molecule has 0 aliphatic carbocycles. The van der Waals surface area contributed by atoms with Gasteiger partial charge in [-0.3, -0.25) is 4.68 Å². The van der Waals surface area contributed by atoms with E-state index < -0.39 is 9.84 Å². The average molecular weight is 379 g/mol. The Bertz CT molecular complexity index is 771. The molecule has 0 bridgehead atoms. The van der Waals surface area contributed by atoms with Crippen LogP contribution in [0.5, 0.6) is 0 Å². The van der Waals surface area contributed by atoms with Gasteiger partial charge in [-0.15, -0.1) is 0 Å². The first-order valence-electron chi connectivity index (χ1n) is 5.68. The van der Waals surface area contributed by atoms with Crippen LogP contribution in [0.2, 0.25) is 5.02 Å². The first-order chi connectivity index (χ1) is 9.22. The highest BCUT2D eigenvalue weighted by molar-refractivity contribution is 9.10. The van der Waals surface area contributed by atoms with E-state index in [-0.39, 0.29) is 15.7 Å². The van der Waals surface area contributed by atoms with Crippen molar-refractivity contribution in [2.75, 3.05) is 5.73 Å². The van der Waals surface area contributed by atoms with Gasteiger partial charge in [-0.05, 0) is 41.1 Å². The van der Waals surface area contributed by atoms with Crippen molar-refractivity contribution in [2.45, 2.75) is 17.6 Å². The van der Waals surface area contributed by atoms with Crippen LogP contribution >= 0.6 is 27.5 Å². The molecule has 20 heavy (non-hydrogen) atoms. The van der Waals surface area contributed by atoms with Gasteiger partial charge in [0.2, 0.25) is 0 Å². The molecule has 2 N–H and O–H groups in total. The number of rotatable bonds is 3. The predicted molar refractivity (Wildman–Crippen MR) is 82.4 cm³/mol. The molecule has 0 fully saturated rings. The van der Waals surface area contributed by atoms with Gasteiger partial charge in [-0.2, -0.15) is 5.10 Å². The van der Waals surface area contributed by atoms with Crippen LogP contribution in [0, 0.1) is 6.92 Å². The topological polar surface area (TPSA) is 78.0 Å². The van der Waals surface area contributed by atoms with E-state index in [2.05, 4.69) is 21.0 Å². The molecule has 0 saturated heterocycles. The fourth-order valence-corrected chi connectivity index (χ4v) is 4.51. The third kappa shape index (κ3) is 2.84. The lowest BCUT2D eigenvalue weighted by Crippen LogP contribution is -2.10. The van der Waals surface area contributed by atoms with Gasteiger partial charge in [0, 0.05) is 12.7 Å². The van der Waals surface area contributed by atoms with Crippen LogP contribution < -0.4 is 5.73 Å². The number of nitrogens with zero attached hydrogens (tertiary/aromatic N) is 2. The number of hydrogen-bond donors (Lipinski definition) is 1. The highest BCUT2D eigenvalue weighted by Gasteiger charge is 2.23. The summed E-state index contributed by atoms with van der Waals surface area (Å²) in [6.45, 7) is 1.80. The molecule has 0 aliphatic heterocycles. The van der Waals surface area contributed by atoms with Gasteiger partial charge in [-0.1, -0.05) is 11.6 Å². The van der Waals surface area contributed by atoms with Crippen molar-refractivity contribution >= 4 is 43.1 Å². The summed E-state index contributed by atoms with van der Waals surface area (Å²) in [5, 5.41) is 4.34. The van der Waals surface area contributed by atoms with Crippen LogP contribution in [0.15, 0.2) is 27.6 Å². The van der Waals surface area contributed by atoms with Gasteiger partial charge in [0.05, 0.1) is 31.5 Å². The Morgan fingerprint density at radius 1 is 1.45 bits per heavy atom. The minimum absolute atomic E-state index is 0.0323. The van der Waals surface area contributed by atoms with Crippen molar-refractivity contribution in [1.82, 2.24) is 9.78 Å². The van der Waals surface area contributed by atoms with Crippen molar-refractivity contribution in [1.29, 1.82) is 0 Å². The number of aromatic nitrogens is 2. The second kappa shape index (κ2) is 5.38. The minimum atomic E-state index is -3.60. The number of nitrogen functional groups attached to an aromatic ring is 1. The largest absolute Gasteiger partial charge is 0.399 e. The molecule has 108 valence electrons. The summed E-state index contributed by atoms with van der Waals surface area (Å²) >= 11 is 9.32. The fourth-order valence-electron chi connectivity index (χ4n) is 1.85. The molecule has 0 aliphatic rings. The van der Waals surface area contributed by atoms with Crippen molar-refractivity contribution < 1.29 is 8.42 Å². The van der Waals surface area contributed by atoms with E-state index in [0.717, 1.165) is 5.69 Å². The molecule has 1 aromatic carbocycles. The maximum atomic E-state index is 12.5. The number of halogens is 2. The highest BCUT2D eigenvalue weighted by Crippen LogP contribution is 2.29. The zero-order chi connectivity index (χ0) is 15.1. The van der Waals surface area contributed by atoms with Crippen molar-refractivity contribution in [3.8, 4) is 0 Å². The van der Waals surface area contributed by atoms with Gasteiger partial charge in [-0.25, -0.2) is 8.42 Å². The summed E-state index contributed by atoms with van der Waals surface area (Å²) in [6, 6.07) is 4.41. The number of nitrogens with two attached hydrogens (primary N) is 1. The molecule has 2 aromatic rings. The molecule has 5 nitrogen and oxygen atoms in total. The quantitative estimate of drug-likeness (QED) is 0.833. The summed E-state index contributed by atoms with van der Waals surface area (Å²) in [5.41, 5.74) is 7.29. The van der Waals surface area contributed by atoms with E-state index >= 15 is 0 Å². The molecule has 1 aromatic heterocycles. The number of hydrogen-bond acceptors (Lipinski definition) is 4. The molecular weight excluding hydrogens is 366 g/mol. The zero-order valence-corrected chi connectivity index (χ0v) is 14.1. The molecule has 0 unspecified atom stereocenters. The lowest BCUT2D eigenvalue weighted by atomic mass is 10.3. The summed E-state index contributed by atoms with van der Waals surface area (Å²) in [7, 11) is -1.90. The molecule has 0 amide bonds. The first kappa shape index (κ1) is 15.3. The van der Waals surface area contributed by atoms with Crippen molar-refractivity contribution in [2.24, 2.45) is 7.05 Å². The van der Waals surface area contributed by atoms with Gasteiger partial charge in [0.25, 0.3) is 0 Å². The van der Waals surface area contributed by atoms with E-state index in [1.165, 1.54) is 16.8 Å². The second-order valence-electron chi connectivity index (χ2n) is 4.42. The van der Waals surface area contributed by atoms with Crippen LogP contribution in [0.25, 0.3) is 0 Å². The summed E-state index contributed by atoms with van der Waals surface area (Å²) in [6.07, 6.45) is 0. The molecule has 0 saturated carbocycles. The third-order valence-corrected chi connectivity index (χ3v) is 6.01. The lowest BCUT2D eigenvalue weighted by molar-refractivity contribution is 0.591. The maximum absolute atomic E-state index is 12.5. The minimum Gasteiger partial charge on any atom is -0.399 e. The van der Waals surface area contributed by atoms with E-state index in [4.69, 9.17) is 17.3 Å². The Balaban J connectivity index is 2.49. The standard InChI is InChI=1S/C12H13BrClN3O2S/c1-7-12(13)10(17(2)16-7)6-20(18,19)11-5-8(15)3-4-9(11)14/h3-5H,6,15H2,1-2H3. The third-order valence-electron chi connectivity index (χ3n) is 2.88. The van der Waals surface area contributed by atoms with Crippen LogP contribution in [0.1, 0.15) is 11.4 Å². The predicted octanol–water partition coefficient (Wildman–Crippen LogP) is 2.70. The van der Waals surface area contributed by atoms with E-state index in [9.17, 15) is 8.42 Å².